The molecule has 3 aromatic rings. The van der Waals surface area contributed by atoms with Crippen LogP contribution in [0.1, 0.15) is 10.4 Å². The van der Waals surface area contributed by atoms with Crippen molar-refractivity contribution in [2.24, 2.45) is 0 Å². The molecule has 10 heteroatoms. The Morgan fingerprint density at radius 3 is 2.35 bits per heavy atom. The molecule has 0 aliphatic carbocycles. The van der Waals surface area contributed by atoms with E-state index in [1.54, 1.807) is 23.2 Å². The van der Waals surface area contributed by atoms with Gasteiger partial charge < -0.3 is 14.4 Å². The molecule has 3 aliphatic rings. The number of aromatic amines is 1. The molecule has 3 aliphatic heterocycles. The minimum atomic E-state index is -3.70. The van der Waals surface area contributed by atoms with Crippen molar-refractivity contribution in [2.45, 2.75) is 4.90 Å². The molecule has 0 spiro atoms. The molecule has 1 aromatic heterocycles. The van der Waals surface area contributed by atoms with E-state index in [-0.39, 0.29) is 23.9 Å². The van der Waals surface area contributed by atoms with Crippen LogP contribution in [0.2, 0.25) is 0 Å². The van der Waals surface area contributed by atoms with Gasteiger partial charge in [0.25, 0.3) is 5.91 Å². The molecule has 34 heavy (non-hydrogen) atoms. The first-order valence-electron chi connectivity index (χ1n) is 11.0. The molecule has 1 amide bonds. The third-order valence-corrected chi connectivity index (χ3v) is 8.16. The maximum Gasteiger partial charge on any atom is 0.258 e. The van der Waals surface area contributed by atoms with Crippen molar-refractivity contribution in [1.82, 2.24) is 19.4 Å². The van der Waals surface area contributed by atoms with E-state index >= 15 is 0 Å². The molecule has 2 aromatic carbocycles. The largest absolute Gasteiger partial charge is 0.486 e. The van der Waals surface area contributed by atoms with E-state index in [0.29, 0.717) is 49.1 Å². The number of carbonyl (C=O) groups excluding carboxylic acids is 1. The standard InChI is InChI=1S/C24H22N4O5S/c29-24(20-11-25-26-23(20)16-4-2-1-3-5-16)27-12-17-14-28(15-18(17)13-27)34(30,31)19-6-7-21-22(10-19)33-9-8-32-21/h1-7,10-11H,8-9,12-15H2,(H,25,26). The fraction of sp³-hybridized carbons (Fsp3) is 0.250. The van der Waals surface area contributed by atoms with Crippen LogP contribution in [0.15, 0.2) is 70.8 Å². The van der Waals surface area contributed by atoms with Crippen LogP contribution in [0.4, 0.5) is 0 Å². The number of H-pyrrole nitrogens is 1. The summed E-state index contributed by atoms with van der Waals surface area (Å²) in [5.74, 6) is 0.872. The Morgan fingerprint density at radius 2 is 1.62 bits per heavy atom. The van der Waals surface area contributed by atoms with Crippen LogP contribution in [0, 0.1) is 0 Å². The number of carbonyl (C=O) groups is 1. The van der Waals surface area contributed by atoms with E-state index in [1.165, 1.54) is 10.4 Å². The van der Waals surface area contributed by atoms with Gasteiger partial charge in [0.2, 0.25) is 10.0 Å². The van der Waals surface area contributed by atoms with Crippen molar-refractivity contribution < 1.29 is 22.7 Å². The number of aromatic nitrogens is 2. The topological polar surface area (TPSA) is 105 Å². The van der Waals surface area contributed by atoms with Crippen molar-refractivity contribution in [3.63, 3.8) is 0 Å². The van der Waals surface area contributed by atoms with Crippen molar-refractivity contribution in [3.05, 3.63) is 71.4 Å². The number of hydrogen-bond donors (Lipinski definition) is 1. The molecule has 0 saturated heterocycles. The molecule has 0 unspecified atom stereocenters. The van der Waals surface area contributed by atoms with E-state index in [4.69, 9.17) is 9.47 Å². The Bertz CT molecular complexity index is 1400. The highest BCUT2D eigenvalue weighted by Gasteiger charge is 2.38. The predicted octanol–water partition coefficient (Wildman–Crippen LogP) is 2.30. The molecule has 0 saturated carbocycles. The number of sulfonamides is 1. The Hall–Kier alpha value is -3.63. The second kappa shape index (κ2) is 8.00. The fourth-order valence-electron chi connectivity index (χ4n) is 4.64. The molecule has 0 radical (unpaired) electrons. The van der Waals surface area contributed by atoms with Crippen molar-refractivity contribution >= 4 is 15.9 Å². The second-order valence-electron chi connectivity index (χ2n) is 8.47. The number of rotatable bonds is 4. The van der Waals surface area contributed by atoms with Gasteiger partial charge in [0, 0.05) is 37.8 Å². The van der Waals surface area contributed by atoms with Gasteiger partial charge in [-0.15, -0.1) is 0 Å². The summed E-state index contributed by atoms with van der Waals surface area (Å²) in [6, 6.07) is 14.3. The first-order chi connectivity index (χ1) is 16.5. The van der Waals surface area contributed by atoms with Gasteiger partial charge in [0.1, 0.15) is 13.2 Å². The number of fused-ring (bicyclic) bond motifs is 1. The molecule has 0 fully saturated rings. The molecule has 4 heterocycles. The Labute approximate surface area is 196 Å². The van der Waals surface area contributed by atoms with Crippen LogP contribution >= 0.6 is 0 Å². The van der Waals surface area contributed by atoms with Crippen LogP contribution < -0.4 is 9.47 Å². The van der Waals surface area contributed by atoms with Gasteiger partial charge in [-0.3, -0.25) is 9.89 Å². The molecule has 174 valence electrons. The third-order valence-electron chi connectivity index (χ3n) is 6.37. The predicted molar refractivity (Wildman–Crippen MR) is 123 cm³/mol. The van der Waals surface area contributed by atoms with Gasteiger partial charge in [-0.2, -0.15) is 9.40 Å². The highest BCUT2D eigenvalue weighted by Crippen LogP contribution is 2.36. The molecular weight excluding hydrogens is 456 g/mol. The van der Waals surface area contributed by atoms with E-state index in [9.17, 15) is 13.2 Å². The van der Waals surface area contributed by atoms with Crippen LogP contribution in [0.5, 0.6) is 11.5 Å². The van der Waals surface area contributed by atoms with Crippen molar-refractivity contribution in [1.29, 1.82) is 0 Å². The lowest BCUT2D eigenvalue weighted by Gasteiger charge is -2.24. The first-order valence-corrected chi connectivity index (χ1v) is 12.4. The summed E-state index contributed by atoms with van der Waals surface area (Å²) in [7, 11) is -3.70. The van der Waals surface area contributed by atoms with Gasteiger partial charge in [-0.05, 0) is 23.3 Å². The maximum atomic E-state index is 13.3. The monoisotopic (exact) mass is 478 g/mol. The van der Waals surface area contributed by atoms with Crippen LogP contribution in [0.25, 0.3) is 11.3 Å². The SMILES string of the molecule is O=C(c1cn[nH]c1-c1ccccc1)N1CC2=C(C1)CN(S(=O)(=O)c1ccc3c(c1)OCCO3)C2. The lowest BCUT2D eigenvalue weighted by molar-refractivity contribution is 0.0793. The van der Waals surface area contributed by atoms with Crippen LogP contribution in [0.3, 0.4) is 0 Å². The summed E-state index contributed by atoms with van der Waals surface area (Å²) >= 11 is 0. The van der Waals surface area contributed by atoms with Gasteiger partial charge in [-0.1, -0.05) is 30.3 Å². The molecule has 0 atom stereocenters. The summed E-state index contributed by atoms with van der Waals surface area (Å²) in [6.07, 6.45) is 1.55. The number of nitrogens with zero attached hydrogens (tertiary/aromatic N) is 3. The van der Waals surface area contributed by atoms with Crippen molar-refractivity contribution in [2.75, 3.05) is 39.4 Å². The summed E-state index contributed by atoms with van der Waals surface area (Å²) in [4.78, 5) is 15.2. The summed E-state index contributed by atoms with van der Waals surface area (Å²) < 4.78 is 39.0. The molecule has 0 bridgehead atoms. The Kier molecular flexibility index (Phi) is 4.93. The Morgan fingerprint density at radius 1 is 0.912 bits per heavy atom. The zero-order chi connectivity index (χ0) is 23.3. The lowest BCUT2D eigenvalue weighted by atomic mass is 10.1. The number of ether oxygens (including phenoxy) is 2. The minimum absolute atomic E-state index is 0.122. The quantitative estimate of drug-likeness (QED) is 0.577. The van der Waals surface area contributed by atoms with Gasteiger partial charge in [-0.25, -0.2) is 8.42 Å². The maximum absolute atomic E-state index is 13.3. The first kappa shape index (κ1) is 20.9. The highest BCUT2D eigenvalue weighted by atomic mass is 32.2. The minimum Gasteiger partial charge on any atom is -0.486 e. The summed E-state index contributed by atoms with van der Waals surface area (Å²) in [5.41, 5.74) is 4.02. The average Bonchev–Trinajstić information content (AvgIpc) is 3.59. The van der Waals surface area contributed by atoms with E-state index in [0.717, 1.165) is 16.7 Å². The lowest BCUT2D eigenvalue weighted by Crippen LogP contribution is -2.36. The second-order valence-corrected chi connectivity index (χ2v) is 10.4. The number of hydrogen-bond acceptors (Lipinski definition) is 6. The summed E-state index contributed by atoms with van der Waals surface area (Å²) in [5, 5.41) is 7.00. The van der Waals surface area contributed by atoms with Crippen molar-refractivity contribution in [3.8, 4) is 22.8 Å². The zero-order valence-electron chi connectivity index (χ0n) is 18.2. The normalized spacial score (nSPS) is 17.8. The van der Waals surface area contributed by atoms with Crippen LogP contribution in [-0.2, 0) is 10.0 Å². The smallest absolute Gasteiger partial charge is 0.258 e. The molecule has 9 nitrogen and oxygen atoms in total. The fourth-order valence-corrected chi connectivity index (χ4v) is 6.08. The van der Waals surface area contributed by atoms with Gasteiger partial charge >= 0.3 is 0 Å². The molecular formula is C24H22N4O5S. The molecule has 6 rings (SSSR count). The third kappa shape index (κ3) is 3.46. The Balaban J connectivity index is 1.16. The zero-order valence-corrected chi connectivity index (χ0v) is 19.0. The van der Waals surface area contributed by atoms with Gasteiger partial charge in [0.05, 0.1) is 22.3 Å². The van der Waals surface area contributed by atoms with E-state index < -0.39 is 10.0 Å². The van der Waals surface area contributed by atoms with Gasteiger partial charge in [0.15, 0.2) is 11.5 Å². The highest BCUT2D eigenvalue weighted by molar-refractivity contribution is 7.89. The van der Waals surface area contributed by atoms with E-state index in [2.05, 4.69) is 10.2 Å². The van der Waals surface area contributed by atoms with Crippen LogP contribution in [-0.4, -0.2) is 73.1 Å². The average molecular weight is 479 g/mol. The number of benzene rings is 2. The molecule has 1 N–H and O–H groups in total. The van der Waals surface area contributed by atoms with E-state index in [1.807, 2.05) is 30.3 Å². The number of nitrogens with one attached hydrogen (secondary N) is 1. The number of amides is 1. The summed E-state index contributed by atoms with van der Waals surface area (Å²) in [6.45, 7) is 2.19.